The number of carbonyl (C=O) groups excluding carboxylic acids is 3. The first-order valence-electron chi connectivity index (χ1n) is 5.86. The van der Waals surface area contributed by atoms with E-state index in [9.17, 15) is 18.8 Å². The van der Waals surface area contributed by atoms with Gasteiger partial charge in [-0.3, -0.25) is 19.3 Å². The number of fused-ring (bicyclic) bond motifs is 1. The largest absolute Gasteiger partial charge is 0.462 e. The Morgan fingerprint density at radius 3 is 2.65 bits per heavy atom. The summed E-state index contributed by atoms with van der Waals surface area (Å²) in [5.74, 6) is -3.17. The highest BCUT2D eigenvalue weighted by Gasteiger charge is 2.38. The van der Waals surface area contributed by atoms with Crippen LogP contribution in [0.2, 0.25) is 5.02 Å². The van der Waals surface area contributed by atoms with E-state index in [0.717, 1.165) is 17.0 Å². The Labute approximate surface area is 119 Å². The van der Waals surface area contributed by atoms with Gasteiger partial charge in [-0.25, -0.2) is 4.39 Å². The molecule has 0 fully saturated rings. The summed E-state index contributed by atoms with van der Waals surface area (Å²) in [4.78, 5) is 36.0. The number of carbonyl (C=O) groups is 3. The maximum absolute atomic E-state index is 13.5. The van der Waals surface area contributed by atoms with Crippen molar-refractivity contribution in [3.8, 4) is 0 Å². The molecule has 0 aliphatic carbocycles. The highest BCUT2D eigenvalue weighted by Crippen LogP contribution is 2.32. The number of anilines is 1. The molecule has 0 saturated heterocycles. The van der Waals surface area contributed by atoms with Crippen LogP contribution < -0.4 is 4.90 Å². The van der Waals surface area contributed by atoms with Crippen LogP contribution in [0.5, 0.6) is 0 Å². The first kappa shape index (κ1) is 14.5. The summed E-state index contributed by atoms with van der Waals surface area (Å²) in [5.41, 5.74) is 0.0151. The minimum absolute atomic E-state index is 0.0150. The summed E-state index contributed by atoms with van der Waals surface area (Å²) in [6.07, 6.45) is -0.350. The fraction of sp³-hybridized carbons (Fsp3) is 0.308. The number of halogens is 2. The topological polar surface area (TPSA) is 63.7 Å². The maximum atomic E-state index is 13.5. The van der Waals surface area contributed by atoms with E-state index in [1.165, 1.54) is 0 Å². The molecule has 1 aliphatic rings. The van der Waals surface area contributed by atoms with Crippen LogP contribution in [0.4, 0.5) is 10.1 Å². The summed E-state index contributed by atoms with van der Waals surface area (Å²) in [5, 5.41) is -0.253. The Morgan fingerprint density at radius 2 is 2.05 bits per heavy atom. The minimum atomic E-state index is -0.901. The third-order valence-corrected chi connectivity index (χ3v) is 2.96. The van der Waals surface area contributed by atoms with Crippen LogP contribution >= 0.6 is 11.6 Å². The van der Waals surface area contributed by atoms with Crippen molar-refractivity contribution in [1.82, 2.24) is 0 Å². The zero-order chi connectivity index (χ0) is 15.0. The zero-order valence-corrected chi connectivity index (χ0v) is 11.5. The van der Waals surface area contributed by atoms with Gasteiger partial charge in [0.05, 0.1) is 22.4 Å². The number of benzene rings is 1. The second-order valence-electron chi connectivity index (χ2n) is 4.54. The molecule has 2 rings (SSSR count). The predicted molar refractivity (Wildman–Crippen MR) is 69.3 cm³/mol. The van der Waals surface area contributed by atoms with E-state index < -0.39 is 30.0 Å². The van der Waals surface area contributed by atoms with Crippen molar-refractivity contribution in [1.29, 1.82) is 0 Å². The fourth-order valence-corrected chi connectivity index (χ4v) is 2.04. The molecule has 0 unspecified atom stereocenters. The summed E-state index contributed by atoms with van der Waals surface area (Å²) in [6, 6.07) is 2.04. The first-order chi connectivity index (χ1) is 9.31. The smallest absolute Gasteiger partial charge is 0.326 e. The number of hydrogen-bond donors (Lipinski definition) is 0. The van der Waals surface area contributed by atoms with Crippen LogP contribution in [0.15, 0.2) is 12.1 Å². The van der Waals surface area contributed by atoms with Crippen molar-refractivity contribution in [3.63, 3.8) is 0 Å². The van der Waals surface area contributed by atoms with Crippen molar-refractivity contribution in [2.45, 2.75) is 20.0 Å². The lowest BCUT2D eigenvalue weighted by molar-refractivity contribution is -0.146. The number of hydrogen-bond acceptors (Lipinski definition) is 4. The number of rotatable bonds is 3. The molecule has 0 spiro atoms. The standard InChI is InChI=1S/C13H11ClFNO4/c1-6(2)20-11(17)5-16-10-4-9(15)8(14)3-7(10)12(18)13(16)19/h3-4,6H,5H2,1-2H3. The van der Waals surface area contributed by atoms with E-state index in [1.54, 1.807) is 13.8 Å². The van der Waals surface area contributed by atoms with E-state index in [-0.39, 0.29) is 22.4 Å². The van der Waals surface area contributed by atoms with Crippen LogP contribution in [0, 0.1) is 5.82 Å². The number of ketones is 1. The Kier molecular flexibility index (Phi) is 3.76. The molecule has 1 aromatic rings. The molecule has 0 bridgehead atoms. The summed E-state index contributed by atoms with van der Waals surface area (Å²) >= 11 is 5.58. The SMILES string of the molecule is CC(C)OC(=O)CN1C(=O)C(=O)c2cc(Cl)c(F)cc21. The molecule has 106 valence electrons. The molecule has 1 amide bonds. The maximum Gasteiger partial charge on any atom is 0.326 e. The van der Waals surface area contributed by atoms with Crippen molar-refractivity contribution in [2.24, 2.45) is 0 Å². The monoisotopic (exact) mass is 299 g/mol. The lowest BCUT2D eigenvalue weighted by atomic mass is 10.1. The molecule has 0 N–H and O–H groups in total. The van der Waals surface area contributed by atoms with E-state index >= 15 is 0 Å². The molecule has 1 heterocycles. The van der Waals surface area contributed by atoms with Crippen LogP contribution in [0.25, 0.3) is 0 Å². The fourth-order valence-electron chi connectivity index (χ4n) is 1.87. The average molecular weight is 300 g/mol. The second kappa shape index (κ2) is 5.20. The minimum Gasteiger partial charge on any atom is -0.462 e. The Bertz CT molecular complexity index is 615. The van der Waals surface area contributed by atoms with Gasteiger partial charge in [0, 0.05) is 0 Å². The molecule has 0 aromatic heterocycles. The average Bonchev–Trinajstić information content (AvgIpc) is 2.55. The lowest BCUT2D eigenvalue weighted by Crippen LogP contribution is -2.36. The van der Waals surface area contributed by atoms with Gasteiger partial charge in [-0.2, -0.15) is 0 Å². The van der Waals surface area contributed by atoms with E-state index in [0.29, 0.717) is 0 Å². The van der Waals surface area contributed by atoms with Crippen molar-refractivity contribution >= 4 is 34.9 Å². The molecule has 7 heteroatoms. The van der Waals surface area contributed by atoms with Gasteiger partial charge in [0.15, 0.2) is 0 Å². The Morgan fingerprint density at radius 1 is 1.40 bits per heavy atom. The van der Waals surface area contributed by atoms with Gasteiger partial charge in [-0.15, -0.1) is 0 Å². The Balaban J connectivity index is 2.33. The van der Waals surface area contributed by atoms with Crippen molar-refractivity contribution in [3.05, 3.63) is 28.5 Å². The van der Waals surface area contributed by atoms with Crippen LogP contribution in [0.1, 0.15) is 24.2 Å². The van der Waals surface area contributed by atoms with Crippen LogP contribution in [-0.4, -0.2) is 30.3 Å². The van der Waals surface area contributed by atoms with Gasteiger partial charge in [0.1, 0.15) is 12.4 Å². The molecular formula is C13H11ClFNO4. The van der Waals surface area contributed by atoms with E-state index in [4.69, 9.17) is 16.3 Å². The van der Waals surface area contributed by atoms with Crippen molar-refractivity contribution in [2.75, 3.05) is 11.4 Å². The molecule has 1 aromatic carbocycles. The number of ether oxygens (including phenoxy) is 1. The Hall–Kier alpha value is -1.95. The summed E-state index contributed by atoms with van der Waals surface area (Å²) < 4.78 is 18.4. The van der Waals surface area contributed by atoms with Gasteiger partial charge in [0.25, 0.3) is 11.7 Å². The number of nitrogens with zero attached hydrogens (tertiary/aromatic N) is 1. The van der Waals surface area contributed by atoms with Gasteiger partial charge in [-0.1, -0.05) is 11.6 Å². The van der Waals surface area contributed by atoms with Crippen LogP contribution in [0.3, 0.4) is 0 Å². The molecule has 20 heavy (non-hydrogen) atoms. The predicted octanol–water partition coefficient (Wildman–Crippen LogP) is 1.96. The van der Waals surface area contributed by atoms with Gasteiger partial charge in [-0.05, 0) is 26.0 Å². The molecule has 0 atom stereocenters. The second-order valence-corrected chi connectivity index (χ2v) is 4.95. The molecular weight excluding hydrogens is 289 g/mol. The van der Waals surface area contributed by atoms with Crippen LogP contribution in [-0.2, 0) is 14.3 Å². The highest BCUT2D eigenvalue weighted by atomic mass is 35.5. The first-order valence-corrected chi connectivity index (χ1v) is 6.23. The lowest BCUT2D eigenvalue weighted by Gasteiger charge is -2.16. The quantitative estimate of drug-likeness (QED) is 0.632. The van der Waals surface area contributed by atoms with Gasteiger partial charge in [0.2, 0.25) is 0 Å². The molecule has 1 aliphatic heterocycles. The normalized spacial score (nSPS) is 13.9. The molecule has 0 saturated carbocycles. The number of esters is 1. The third-order valence-electron chi connectivity index (χ3n) is 2.67. The van der Waals surface area contributed by atoms with Gasteiger partial charge >= 0.3 is 5.97 Å². The highest BCUT2D eigenvalue weighted by molar-refractivity contribution is 6.53. The van der Waals surface area contributed by atoms with Gasteiger partial charge < -0.3 is 4.74 Å². The zero-order valence-electron chi connectivity index (χ0n) is 10.8. The summed E-state index contributed by atoms with van der Waals surface area (Å²) in [7, 11) is 0. The molecule has 5 nitrogen and oxygen atoms in total. The third kappa shape index (κ3) is 2.51. The van der Waals surface area contributed by atoms with E-state index in [1.807, 2.05) is 0 Å². The molecule has 0 radical (unpaired) electrons. The summed E-state index contributed by atoms with van der Waals surface area (Å²) in [6.45, 7) is 2.86. The van der Waals surface area contributed by atoms with Crippen molar-refractivity contribution < 1.29 is 23.5 Å². The number of amides is 1. The number of Topliss-reactive ketones (excluding diaryl/α,β-unsaturated/α-hetero) is 1. The van der Waals surface area contributed by atoms with E-state index in [2.05, 4.69) is 0 Å².